The highest BCUT2D eigenvalue weighted by Gasteiger charge is 2.30. The van der Waals surface area contributed by atoms with E-state index in [4.69, 9.17) is 22.9 Å². The van der Waals surface area contributed by atoms with Crippen molar-refractivity contribution in [1.29, 1.82) is 0 Å². The molecule has 0 bridgehead atoms. The van der Waals surface area contributed by atoms with Crippen LogP contribution < -0.4 is 60.2 Å². The van der Waals surface area contributed by atoms with Crippen LogP contribution in [0.4, 0.5) is 0 Å². The maximum absolute atomic E-state index is 13.4. The Morgan fingerprint density at radius 2 is 1.23 bits per heavy atom. The molecule has 0 heterocycles. The Hall–Kier alpha value is -5.46. The Labute approximate surface area is 495 Å². The lowest BCUT2D eigenvalue weighted by atomic mass is 10.0. The normalized spacial score (nSPS) is 12.7. The molecule has 1 aromatic carbocycles. The monoisotopic (exact) mass is 1190 g/mol. The molecule has 0 radical (unpaired) electrons. The van der Waals surface area contributed by atoms with Gasteiger partial charge in [0.05, 0.1) is 19.6 Å². The standard InChI is InChI=1S/C31H59N9O7S.C7H8.C6H12N2O2.C5H13N.C5H10O.C3H8S/c1-7-10-19(5)14-20(6)48-17-24(27(43)36-16-26(42)38-23(30(46)47)13-18(3)4)40-28(44)21(8-2)39-29(45)22(37-25(41)15-32)11-9-12-35-31(33)34;1-7-5-3-2-4-6-7;1-5(2)8-6(10)3-7-4-9;1-4(2)5(3)6;1-2-3-4-5-6;1-3-4-2/h18-24H,7-17,32H2,1-6H3,(H,36,43)(H,37,41)(H,38,42)(H,39,45)(H,40,44)(H,46,47)(H4,33,34,35);2-6H,1H3;4-5H,3H2,1-2H3,(H,7,9)(H,8,10);4-5H,6H2,1-3H3;5H,2-4H2,1H3;3H2,1-2H3. The number of hydrogen-bond acceptors (Lipinski definition) is 14. The highest BCUT2D eigenvalue weighted by Crippen LogP contribution is 2.22. The molecular formula is C57H110N12O10S2. The summed E-state index contributed by atoms with van der Waals surface area (Å²) in [6, 6.07) is 6.50. The summed E-state index contributed by atoms with van der Waals surface area (Å²) in [6.45, 7) is 27.4. The van der Waals surface area contributed by atoms with E-state index in [-0.39, 0.29) is 73.7 Å². The summed E-state index contributed by atoms with van der Waals surface area (Å²) in [4.78, 5) is 110. The van der Waals surface area contributed by atoms with Gasteiger partial charge in [-0.1, -0.05) is 124 Å². The lowest BCUT2D eigenvalue weighted by Gasteiger charge is -2.25. The first-order valence-electron chi connectivity index (χ1n) is 28.3. The van der Waals surface area contributed by atoms with Gasteiger partial charge in [-0.15, -0.1) is 0 Å². The number of guanidine groups is 1. The summed E-state index contributed by atoms with van der Waals surface area (Å²) in [5.74, 6) is -2.03. The molecule has 1 rings (SSSR count). The number of nitrogens with one attached hydrogen (secondary N) is 7. The number of benzene rings is 1. The number of hydrogen-bond donors (Lipinski definition) is 12. The third-order valence-corrected chi connectivity index (χ3v) is 12.9. The van der Waals surface area contributed by atoms with Crippen LogP contribution in [-0.2, 0) is 43.2 Å². The number of carboxylic acids is 1. The van der Waals surface area contributed by atoms with E-state index in [9.17, 15) is 48.3 Å². The van der Waals surface area contributed by atoms with Gasteiger partial charge < -0.3 is 70.1 Å². The number of aldehydes is 1. The maximum atomic E-state index is 13.4. The molecule has 0 spiro atoms. The number of nitrogens with zero attached hydrogens (tertiary/aromatic N) is 1. The van der Waals surface area contributed by atoms with Gasteiger partial charge in [0.25, 0.3) is 0 Å². The molecule has 1 aromatic rings. The number of aliphatic imine (C=N–C) groups is 1. The summed E-state index contributed by atoms with van der Waals surface area (Å²) in [5, 5.41) is 27.3. The van der Waals surface area contributed by atoms with Crippen LogP contribution in [-0.4, -0.2) is 151 Å². The van der Waals surface area contributed by atoms with Gasteiger partial charge in [0, 0.05) is 36.1 Å². The van der Waals surface area contributed by atoms with E-state index in [1.165, 1.54) is 23.1 Å². The number of carboxylic acid groups (broad SMARTS) is 1. The quantitative estimate of drug-likeness (QED) is 0.0195. The third kappa shape index (κ3) is 57.6. The van der Waals surface area contributed by atoms with E-state index < -0.39 is 66.2 Å². The van der Waals surface area contributed by atoms with Crippen molar-refractivity contribution in [2.75, 3.05) is 43.9 Å². The van der Waals surface area contributed by atoms with Crippen molar-refractivity contribution in [3.05, 3.63) is 35.9 Å². The van der Waals surface area contributed by atoms with E-state index in [1.54, 1.807) is 6.92 Å². The largest absolute Gasteiger partial charge is 0.480 e. The number of amides is 7. The third-order valence-electron chi connectivity index (χ3n) is 11.0. The van der Waals surface area contributed by atoms with Crippen LogP contribution in [0.25, 0.3) is 0 Å². The molecule has 0 saturated carbocycles. The average molecular weight is 1190 g/mol. The van der Waals surface area contributed by atoms with Crippen LogP contribution >= 0.6 is 23.5 Å². The average Bonchev–Trinajstić information content (AvgIpc) is 3.40. The number of aliphatic carboxylic acids is 1. The number of rotatable bonds is 34. The zero-order chi connectivity index (χ0) is 63.3. The predicted octanol–water partition coefficient (Wildman–Crippen LogP) is 4.53. The minimum atomic E-state index is -1.18. The molecule has 0 aliphatic rings. The van der Waals surface area contributed by atoms with Crippen molar-refractivity contribution < 1.29 is 48.3 Å². The Morgan fingerprint density at radius 3 is 1.64 bits per heavy atom. The van der Waals surface area contributed by atoms with Gasteiger partial charge >= 0.3 is 5.97 Å². The van der Waals surface area contributed by atoms with Crippen LogP contribution in [0.1, 0.15) is 160 Å². The summed E-state index contributed by atoms with van der Waals surface area (Å²) >= 11 is 3.35. The summed E-state index contributed by atoms with van der Waals surface area (Å²) in [5.41, 5.74) is 22.9. The summed E-state index contributed by atoms with van der Waals surface area (Å²) in [6.07, 6.45) is 10.4. The van der Waals surface area contributed by atoms with E-state index in [2.05, 4.69) is 109 Å². The van der Waals surface area contributed by atoms with Gasteiger partial charge in [-0.2, -0.15) is 23.5 Å². The summed E-state index contributed by atoms with van der Waals surface area (Å²) < 4.78 is 0. The molecule has 0 aliphatic carbocycles. The highest BCUT2D eigenvalue weighted by molar-refractivity contribution is 8.00. The van der Waals surface area contributed by atoms with Crippen LogP contribution in [0.3, 0.4) is 0 Å². The number of thioether (sulfide) groups is 2. The van der Waals surface area contributed by atoms with Crippen molar-refractivity contribution in [1.82, 2.24) is 37.2 Å². The molecule has 16 N–H and O–H groups in total. The van der Waals surface area contributed by atoms with Crippen molar-refractivity contribution in [2.45, 2.75) is 203 Å². The lowest BCUT2D eigenvalue weighted by Crippen LogP contribution is -2.58. The molecule has 0 aliphatic heterocycles. The fourth-order valence-electron chi connectivity index (χ4n) is 6.17. The molecule has 7 amide bonds. The smallest absolute Gasteiger partial charge is 0.326 e. The Bertz CT molecular complexity index is 1840. The zero-order valence-corrected chi connectivity index (χ0v) is 53.5. The molecule has 0 saturated heterocycles. The zero-order valence-electron chi connectivity index (χ0n) is 51.8. The van der Waals surface area contributed by atoms with Crippen LogP contribution in [0.5, 0.6) is 0 Å². The molecule has 470 valence electrons. The molecule has 7 unspecified atom stereocenters. The van der Waals surface area contributed by atoms with Gasteiger partial charge in [0.15, 0.2) is 5.96 Å². The van der Waals surface area contributed by atoms with Crippen molar-refractivity contribution in [2.24, 2.45) is 45.7 Å². The van der Waals surface area contributed by atoms with Gasteiger partial charge in [-0.3, -0.25) is 38.6 Å². The second-order valence-electron chi connectivity index (χ2n) is 20.2. The molecular weight excluding hydrogens is 1080 g/mol. The van der Waals surface area contributed by atoms with Crippen molar-refractivity contribution >= 4 is 83.6 Å². The molecule has 24 heteroatoms. The number of carbonyl (C=O) groups excluding carboxylic acids is 8. The fraction of sp³-hybridized carbons (Fsp3) is 0.719. The van der Waals surface area contributed by atoms with Crippen LogP contribution in [0.15, 0.2) is 35.3 Å². The van der Waals surface area contributed by atoms with E-state index in [0.29, 0.717) is 30.7 Å². The molecule has 7 atom stereocenters. The Balaban J connectivity index is -0.000000461. The second-order valence-corrected chi connectivity index (χ2v) is 22.9. The summed E-state index contributed by atoms with van der Waals surface area (Å²) in [7, 11) is 0. The molecule has 0 fully saturated rings. The van der Waals surface area contributed by atoms with Gasteiger partial charge in [0.1, 0.15) is 30.5 Å². The van der Waals surface area contributed by atoms with E-state index >= 15 is 0 Å². The van der Waals surface area contributed by atoms with Crippen molar-refractivity contribution in [3.8, 4) is 0 Å². The Morgan fingerprint density at radius 1 is 0.691 bits per heavy atom. The highest BCUT2D eigenvalue weighted by atomic mass is 32.2. The molecule has 0 aromatic heterocycles. The van der Waals surface area contributed by atoms with E-state index in [1.807, 2.05) is 71.5 Å². The predicted molar refractivity (Wildman–Crippen MR) is 334 cm³/mol. The van der Waals surface area contributed by atoms with Crippen LogP contribution in [0.2, 0.25) is 0 Å². The minimum absolute atomic E-state index is 0.0172. The number of nitrogens with two attached hydrogens (primary N) is 4. The van der Waals surface area contributed by atoms with Crippen LogP contribution in [0, 0.1) is 24.7 Å². The molecule has 22 nitrogen and oxygen atoms in total. The fourth-order valence-corrected chi connectivity index (χ4v) is 7.39. The minimum Gasteiger partial charge on any atom is -0.480 e. The first-order chi connectivity index (χ1) is 38.1. The van der Waals surface area contributed by atoms with Crippen molar-refractivity contribution in [3.63, 3.8) is 0 Å². The second kappa shape index (κ2) is 56.4. The topological polar surface area (TPSA) is 375 Å². The van der Waals surface area contributed by atoms with E-state index in [0.717, 1.165) is 44.8 Å². The Kier molecular flexibility index (Phi) is 58.7. The van der Waals surface area contributed by atoms with Gasteiger partial charge in [-0.25, -0.2) is 4.79 Å². The van der Waals surface area contributed by atoms with Gasteiger partial charge in [-0.05, 0) is 96.0 Å². The molecule has 81 heavy (non-hydrogen) atoms. The maximum Gasteiger partial charge on any atom is 0.326 e. The first-order valence-corrected chi connectivity index (χ1v) is 30.7. The first kappa shape index (κ1) is 84.3. The lowest BCUT2D eigenvalue weighted by molar-refractivity contribution is -0.142. The SMILES string of the molecule is CC(C)C(C)N.CC(C)NC(=O)CNC=O.CCCC(C)CC(C)SCC(NC(=O)C(CC)NC(=O)C(CCCN=C(N)N)NC(=O)CN)C(=O)NCC(=O)NC(CC(C)C)C(=O)O.CCCCC=O.CCSC.Cc1ccccc1. The number of aryl methyl sites for hydroxylation is 1. The number of unbranched alkanes of at least 4 members (excludes halogenated alkanes) is 2. The van der Waals surface area contributed by atoms with Gasteiger partial charge in [0.2, 0.25) is 41.9 Å². The number of carbonyl (C=O) groups is 9.